The van der Waals surface area contributed by atoms with Gasteiger partial charge in [-0.25, -0.2) is 4.39 Å². The van der Waals surface area contributed by atoms with E-state index in [0.29, 0.717) is 5.69 Å². The van der Waals surface area contributed by atoms with Crippen LogP contribution >= 0.6 is 0 Å². The summed E-state index contributed by atoms with van der Waals surface area (Å²) in [4.78, 5) is 27.2. The van der Waals surface area contributed by atoms with Crippen molar-refractivity contribution in [1.82, 2.24) is 4.98 Å². The number of aromatic amines is 1. The molecule has 0 unspecified atom stereocenters. The maximum Gasteiger partial charge on any atom is 0.251 e. The van der Waals surface area contributed by atoms with Gasteiger partial charge in [0.2, 0.25) is 5.91 Å². The Balaban J connectivity index is 1.57. The summed E-state index contributed by atoms with van der Waals surface area (Å²) in [6.45, 7) is 0. The number of carbonyl (C=O) groups excluding carboxylic acids is 1. The van der Waals surface area contributed by atoms with Crippen LogP contribution in [0.1, 0.15) is 23.1 Å². The molecule has 1 heterocycles. The highest BCUT2D eigenvalue weighted by Gasteiger charge is 2.18. The Bertz CT molecular complexity index is 1020. The van der Waals surface area contributed by atoms with E-state index in [4.69, 9.17) is 0 Å². The van der Waals surface area contributed by atoms with Gasteiger partial charge in [-0.05, 0) is 54.7 Å². The molecule has 1 aliphatic carbocycles. The molecule has 4 nitrogen and oxygen atoms in total. The van der Waals surface area contributed by atoms with E-state index in [1.807, 2.05) is 12.1 Å². The Morgan fingerprint density at radius 1 is 1.08 bits per heavy atom. The molecule has 2 aromatic carbocycles. The number of halogens is 1. The summed E-state index contributed by atoms with van der Waals surface area (Å²) in [6.07, 6.45) is 2.93. The molecule has 0 bridgehead atoms. The summed E-state index contributed by atoms with van der Waals surface area (Å²) in [5, 5.41) is 3.87. The second-order valence-corrected chi connectivity index (χ2v) is 6.38. The molecule has 2 N–H and O–H groups in total. The first-order chi connectivity index (χ1) is 12.1. The highest BCUT2D eigenvalue weighted by atomic mass is 19.1. The molecule has 25 heavy (non-hydrogen) atoms. The van der Waals surface area contributed by atoms with Crippen molar-refractivity contribution >= 4 is 22.5 Å². The third-order valence-electron chi connectivity index (χ3n) is 4.65. The maximum atomic E-state index is 12.9. The Hall–Kier alpha value is -2.95. The third-order valence-corrected chi connectivity index (χ3v) is 4.65. The van der Waals surface area contributed by atoms with Crippen molar-refractivity contribution in [3.63, 3.8) is 0 Å². The number of amides is 1. The molecule has 3 aromatic rings. The van der Waals surface area contributed by atoms with Gasteiger partial charge in [-0.3, -0.25) is 9.59 Å². The Morgan fingerprint density at radius 3 is 2.64 bits per heavy atom. The molecule has 0 spiro atoms. The molecule has 1 aromatic heterocycles. The molecule has 0 saturated heterocycles. The normalized spacial score (nSPS) is 13.0. The summed E-state index contributed by atoms with van der Waals surface area (Å²) in [7, 11) is 0. The average Bonchev–Trinajstić information content (AvgIpc) is 3.07. The van der Waals surface area contributed by atoms with Crippen LogP contribution in [0.3, 0.4) is 0 Å². The smallest absolute Gasteiger partial charge is 0.251 e. The first-order valence-corrected chi connectivity index (χ1v) is 8.32. The van der Waals surface area contributed by atoms with E-state index in [-0.39, 0.29) is 23.7 Å². The predicted molar refractivity (Wildman–Crippen MR) is 95.3 cm³/mol. The fourth-order valence-electron chi connectivity index (χ4n) is 3.47. The second kappa shape index (κ2) is 6.16. The highest BCUT2D eigenvalue weighted by Crippen LogP contribution is 2.27. The number of hydrogen-bond donors (Lipinski definition) is 2. The number of aromatic nitrogens is 1. The van der Waals surface area contributed by atoms with E-state index >= 15 is 0 Å². The molecule has 0 radical (unpaired) electrons. The van der Waals surface area contributed by atoms with Crippen molar-refractivity contribution in [1.29, 1.82) is 0 Å². The van der Waals surface area contributed by atoms with Gasteiger partial charge in [-0.2, -0.15) is 0 Å². The zero-order chi connectivity index (χ0) is 17.4. The zero-order valence-electron chi connectivity index (χ0n) is 13.6. The Kier molecular flexibility index (Phi) is 3.84. The van der Waals surface area contributed by atoms with Gasteiger partial charge in [-0.15, -0.1) is 0 Å². The van der Waals surface area contributed by atoms with Crippen LogP contribution in [0.5, 0.6) is 0 Å². The topological polar surface area (TPSA) is 62.0 Å². The van der Waals surface area contributed by atoms with Gasteiger partial charge in [0.15, 0.2) is 0 Å². The number of carbonyl (C=O) groups is 1. The van der Waals surface area contributed by atoms with E-state index in [0.717, 1.165) is 46.9 Å². The lowest BCUT2D eigenvalue weighted by Gasteiger charge is -2.09. The van der Waals surface area contributed by atoms with Crippen LogP contribution in [0.25, 0.3) is 10.9 Å². The van der Waals surface area contributed by atoms with Gasteiger partial charge in [0, 0.05) is 16.6 Å². The van der Waals surface area contributed by atoms with Gasteiger partial charge in [-0.1, -0.05) is 18.2 Å². The summed E-state index contributed by atoms with van der Waals surface area (Å²) < 4.78 is 12.9. The van der Waals surface area contributed by atoms with Gasteiger partial charge in [0.1, 0.15) is 5.82 Å². The third kappa shape index (κ3) is 3.05. The van der Waals surface area contributed by atoms with E-state index in [9.17, 15) is 14.0 Å². The number of nitrogens with one attached hydrogen (secondary N) is 2. The number of rotatable bonds is 3. The summed E-state index contributed by atoms with van der Waals surface area (Å²) >= 11 is 0. The van der Waals surface area contributed by atoms with Gasteiger partial charge < -0.3 is 10.3 Å². The largest absolute Gasteiger partial charge is 0.326 e. The monoisotopic (exact) mass is 336 g/mol. The van der Waals surface area contributed by atoms with Crippen LogP contribution in [0, 0.1) is 5.82 Å². The fraction of sp³-hybridized carbons (Fsp3) is 0.200. The lowest BCUT2D eigenvalue weighted by Crippen LogP contribution is -2.15. The van der Waals surface area contributed by atoms with Crippen LogP contribution in [0.15, 0.2) is 47.3 Å². The standard InChI is InChI=1S/C20H17FN2O2/c21-13-6-4-12(5-7-13)10-19(24)22-14-8-9-16-15-2-1-3-17(15)20(25)23-18(16)11-14/h4-9,11H,1-3,10H2,(H,22,24)(H,23,25). The Labute approximate surface area is 143 Å². The molecular formula is C20H17FN2O2. The SMILES string of the molecule is O=C(Cc1ccc(F)cc1)Nc1ccc2c3c(c(=O)[nH]c2c1)CCC3. The molecule has 0 aliphatic heterocycles. The molecule has 5 heteroatoms. The van der Waals surface area contributed by atoms with Crippen LogP contribution < -0.4 is 10.9 Å². The van der Waals surface area contributed by atoms with E-state index in [2.05, 4.69) is 10.3 Å². The molecule has 4 rings (SSSR count). The lowest BCUT2D eigenvalue weighted by atomic mass is 10.1. The van der Waals surface area contributed by atoms with Crippen molar-refractivity contribution < 1.29 is 9.18 Å². The van der Waals surface area contributed by atoms with Crippen molar-refractivity contribution in [2.75, 3.05) is 5.32 Å². The van der Waals surface area contributed by atoms with Crippen LogP contribution in [-0.2, 0) is 24.1 Å². The van der Waals surface area contributed by atoms with Crippen molar-refractivity contribution in [2.24, 2.45) is 0 Å². The van der Waals surface area contributed by atoms with Crippen LogP contribution in [-0.4, -0.2) is 10.9 Å². The number of fused-ring (bicyclic) bond motifs is 3. The predicted octanol–water partition coefficient (Wildman–Crippen LogP) is 3.34. The Morgan fingerprint density at radius 2 is 1.84 bits per heavy atom. The van der Waals surface area contributed by atoms with Crippen molar-refractivity contribution in [3.8, 4) is 0 Å². The fourth-order valence-corrected chi connectivity index (χ4v) is 3.47. The summed E-state index contributed by atoms with van der Waals surface area (Å²) in [6, 6.07) is 11.4. The number of pyridine rings is 1. The van der Waals surface area contributed by atoms with E-state index < -0.39 is 0 Å². The molecule has 1 amide bonds. The number of aryl methyl sites for hydroxylation is 1. The molecule has 0 saturated carbocycles. The van der Waals surface area contributed by atoms with Gasteiger partial charge >= 0.3 is 0 Å². The lowest BCUT2D eigenvalue weighted by molar-refractivity contribution is -0.115. The zero-order valence-corrected chi connectivity index (χ0v) is 13.6. The maximum absolute atomic E-state index is 12.9. The highest BCUT2D eigenvalue weighted by molar-refractivity contribution is 5.95. The van der Waals surface area contributed by atoms with Crippen molar-refractivity contribution in [3.05, 3.63) is 75.3 Å². The first-order valence-electron chi connectivity index (χ1n) is 8.32. The quantitative estimate of drug-likeness (QED) is 0.770. The average molecular weight is 336 g/mol. The molecule has 1 aliphatic rings. The minimum atomic E-state index is -0.324. The second-order valence-electron chi connectivity index (χ2n) is 6.38. The van der Waals surface area contributed by atoms with Crippen molar-refractivity contribution in [2.45, 2.75) is 25.7 Å². The van der Waals surface area contributed by atoms with E-state index in [1.165, 1.54) is 12.1 Å². The summed E-state index contributed by atoms with van der Waals surface area (Å²) in [5.41, 5.74) is 4.10. The molecule has 126 valence electrons. The number of hydrogen-bond acceptors (Lipinski definition) is 2. The van der Waals surface area contributed by atoms with Gasteiger partial charge in [0.05, 0.1) is 11.9 Å². The minimum Gasteiger partial charge on any atom is -0.326 e. The molecule has 0 fully saturated rings. The minimum absolute atomic E-state index is 0.0326. The number of anilines is 1. The molecular weight excluding hydrogens is 319 g/mol. The molecule has 0 atom stereocenters. The summed E-state index contributed by atoms with van der Waals surface area (Å²) in [5.74, 6) is -0.510. The van der Waals surface area contributed by atoms with E-state index in [1.54, 1.807) is 18.2 Å². The van der Waals surface area contributed by atoms with Crippen LogP contribution in [0.4, 0.5) is 10.1 Å². The van der Waals surface area contributed by atoms with Crippen LogP contribution in [0.2, 0.25) is 0 Å². The number of H-pyrrole nitrogens is 1. The van der Waals surface area contributed by atoms with Gasteiger partial charge in [0.25, 0.3) is 5.56 Å². The first kappa shape index (κ1) is 15.6. The number of benzene rings is 2.